The van der Waals surface area contributed by atoms with E-state index in [0.29, 0.717) is 17.4 Å². The molecule has 0 amide bonds. The van der Waals surface area contributed by atoms with Gasteiger partial charge in [-0.2, -0.15) is 22.1 Å². The molecule has 86 valence electrons. The highest BCUT2D eigenvalue weighted by Crippen LogP contribution is 2.19. The van der Waals surface area contributed by atoms with Crippen molar-refractivity contribution in [1.82, 2.24) is 10.2 Å². The SMILES string of the molecule is CCC(CSC)N(C)c1nnccc1C#N. The van der Waals surface area contributed by atoms with Gasteiger partial charge in [0.15, 0.2) is 5.82 Å². The van der Waals surface area contributed by atoms with Crippen LogP contribution in [0.4, 0.5) is 5.82 Å². The quantitative estimate of drug-likeness (QED) is 0.782. The summed E-state index contributed by atoms with van der Waals surface area (Å²) in [5.41, 5.74) is 0.581. The smallest absolute Gasteiger partial charge is 0.169 e. The van der Waals surface area contributed by atoms with Crippen LogP contribution < -0.4 is 4.90 Å². The molecule has 1 unspecified atom stereocenters. The number of aromatic nitrogens is 2. The molecule has 0 radical (unpaired) electrons. The molecule has 0 aliphatic heterocycles. The summed E-state index contributed by atoms with van der Waals surface area (Å²) in [6, 6.07) is 4.23. The lowest BCUT2D eigenvalue weighted by atomic mass is 10.2. The van der Waals surface area contributed by atoms with Gasteiger partial charge < -0.3 is 4.90 Å². The second-order valence-electron chi connectivity index (χ2n) is 3.51. The van der Waals surface area contributed by atoms with Crippen molar-refractivity contribution in [3.8, 4) is 6.07 Å². The topological polar surface area (TPSA) is 52.8 Å². The van der Waals surface area contributed by atoms with Gasteiger partial charge in [0.2, 0.25) is 0 Å². The minimum atomic E-state index is 0.388. The zero-order chi connectivity index (χ0) is 12.0. The molecule has 1 rings (SSSR count). The van der Waals surface area contributed by atoms with E-state index in [-0.39, 0.29) is 0 Å². The van der Waals surface area contributed by atoms with Crippen LogP contribution in [-0.2, 0) is 0 Å². The molecule has 1 atom stereocenters. The molecule has 0 aliphatic rings. The highest BCUT2D eigenvalue weighted by Gasteiger charge is 2.17. The standard InChI is InChI=1S/C11H16N4S/c1-4-10(8-16-3)15(2)11-9(7-12)5-6-13-14-11/h5-6,10H,4,8H2,1-3H3. The largest absolute Gasteiger partial charge is 0.353 e. The predicted molar refractivity (Wildman–Crippen MR) is 67.6 cm³/mol. The van der Waals surface area contributed by atoms with Gasteiger partial charge in [0.1, 0.15) is 6.07 Å². The Labute approximate surface area is 101 Å². The van der Waals surface area contributed by atoms with Crippen molar-refractivity contribution in [2.75, 3.05) is 24.0 Å². The fourth-order valence-electron chi connectivity index (χ4n) is 1.54. The van der Waals surface area contributed by atoms with Gasteiger partial charge in [-0.15, -0.1) is 5.10 Å². The number of rotatable bonds is 5. The van der Waals surface area contributed by atoms with E-state index in [2.05, 4.69) is 29.4 Å². The van der Waals surface area contributed by atoms with Crippen molar-refractivity contribution in [3.05, 3.63) is 17.8 Å². The van der Waals surface area contributed by atoms with Crippen LogP contribution in [0.2, 0.25) is 0 Å². The number of nitriles is 1. The molecule has 0 aromatic carbocycles. The van der Waals surface area contributed by atoms with Crippen LogP contribution >= 0.6 is 11.8 Å². The van der Waals surface area contributed by atoms with E-state index >= 15 is 0 Å². The van der Waals surface area contributed by atoms with Crippen LogP contribution in [0.15, 0.2) is 12.3 Å². The van der Waals surface area contributed by atoms with E-state index in [9.17, 15) is 0 Å². The van der Waals surface area contributed by atoms with Gasteiger partial charge in [-0.3, -0.25) is 0 Å². The lowest BCUT2D eigenvalue weighted by Crippen LogP contribution is -2.34. The van der Waals surface area contributed by atoms with Gasteiger partial charge >= 0.3 is 0 Å². The number of hydrogen-bond acceptors (Lipinski definition) is 5. The van der Waals surface area contributed by atoms with Crippen LogP contribution in [0.25, 0.3) is 0 Å². The Bertz CT molecular complexity index is 374. The summed E-state index contributed by atoms with van der Waals surface area (Å²) in [4.78, 5) is 2.04. The van der Waals surface area contributed by atoms with Crippen LogP contribution in [0, 0.1) is 11.3 Å². The first kappa shape index (κ1) is 12.8. The van der Waals surface area contributed by atoms with E-state index in [1.54, 1.807) is 24.0 Å². The third-order valence-corrected chi connectivity index (χ3v) is 3.25. The molecule has 1 aromatic rings. The fourth-order valence-corrected chi connectivity index (χ4v) is 2.39. The lowest BCUT2D eigenvalue weighted by molar-refractivity contribution is 0.660. The zero-order valence-corrected chi connectivity index (χ0v) is 10.7. The second-order valence-corrected chi connectivity index (χ2v) is 4.42. The Kier molecular flexibility index (Phi) is 5.06. The van der Waals surface area contributed by atoms with Gasteiger partial charge in [-0.25, -0.2) is 0 Å². The number of anilines is 1. The molecule has 16 heavy (non-hydrogen) atoms. The van der Waals surface area contributed by atoms with Crippen LogP contribution in [0.1, 0.15) is 18.9 Å². The zero-order valence-electron chi connectivity index (χ0n) is 9.84. The van der Waals surface area contributed by atoms with Gasteiger partial charge in [0.25, 0.3) is 0 Å². The van der Waals surface area contributed by atoms with Crippen molar-refractivity contribution in [3.63, 3.8) is 0 Å². The molecule has 0 aliphatic carbocycles. The maximum Gasteiger partial charge on any atom is 0.169 e. The number of thioether (sulfide) groups is 1. The molecule has 1 aromatic heterocycles. The first-order chi connectivity index (χ1) is 7.74. The molecular formula is C11H16N4S. The van der Waals surface area contributed by atoms with Gasteiger partial charge in [0.05, 0.1) is 11.8 Å². The normalized spacial score (nSPS) is 11.9. The maximum absolute atomic E-state index is 9.00. The van der Waals surface area contributed by atoms with E-state index in [1.165, 1.54) is 0 Å². The first-order valence-electron chi connectivity index (χ1n) is 5.18. The molecule has 0 saturated heterocycles. The molecule has 0 spiro atoms. The highest BCUT2D eigenvalue weighted by molar-refractivity contribution is 7.98. The molecule has 1 heterocycles. The summed E-state index contributed by atoms with van der Waals surface area (Å²) >= 11 is 1.80. The third-order valence-electron chi connectivity index (χ3n) is 2.53. The van der Waals surface area contributed by atoms with Crippen molar-refractivity contribution in [1.29, 1.82) is 5.26 Å². The van der Waals surface area contributed by atoms with E-state index < -0.39 is 0 Å². The summed E-state index contributed by atoms with van der Waals surface area (Å²) in [5.74, 6) is 1.69. The molecule has 0 fully saturated rings. The molecule has 0 saturated carbocycles. The Hall–Kier alpha value is -1.28. The van der Waals surface area contributed by atoms with Gasteiger partial charge in [-0.05, 0) is 18.7 Å². The molecule has 0 N–H and O–H groups in total. The predicted octanol–water partition coefficient (Wildman–Crippen LogP) is 1.93. The molecule has 4 nitrogen and oxygen atoms in total. The van der Waals surface area contributed by atoms with Gasteiger partial charge in [0, 0.05) is 18.8 Å². The molecule has 5 heteroatoms. The molecule has 0 bridgehead atoms. The van der Waals surface area contributed by atoms with Crippen molar-refractivity contribution < 1.29 is 0 Å². The summed E-state index contributed by atoms with van der Waals surface area (Å²) in [6.07, 6.45) is 4.66. The maximum atomic E-state index is 9.00. The van der Waals surface area contributed by atoms with E-state index in [0.717, 1.165) is 12.2 Å². The minimum Gasteiger partial charge on any atom is -0.353 e. The van der Waals surface area contributed by atoms with E-state index in [1.807, 2.05) is 11.9 Å². The summed E-state index contributed by atoms with van der Waals surface area (Å²) in [6.45, 7) is 2.14. The Morgan fingerprint density at radius 2 is 2.38 bits per heavy atom. The van der Waals surface area contributed by atoms with Crippen molar-refractivity contribution >= 4 is 17.6 Å². The third kappa shape index (κ3) is 2.86. The average molecular weight is 236 g/mol. The van der Waals surface area contributed by atoms with Crippen molar-refractivity contribution in [2.45, 2.75) is 19.4 Å². The van der Waals surface area contributed by atoms with Gasteiger partial charge in [-0.1, -0.05) is 6.92 Å². The Morgan fingerprint density at radius 3 is 2.94 bits per heavy atom. The number of nitrogens with zero attached hydrogens (tertiary/aromatic N) is 4. The number of hydrogen-bond donors (Lipinski definition) is 0. The first-order valence-corrected chi connectivity index (χ1v) is 6.57. The summed E-state index contributed by atoms with van der Waals surface area (Å²) in [7, 11) is 1.97. The monoisotopic (exact) mass is 236 g/mol. The van der Waals surface area contributed by atoms with Crippen LogP contribution in [0.5, 0.6) is 0 Å². The van der Waals surface area contributed by atoms with E-state index in [4.69, 9.17) is 5.26 Å². The summed E-state index contributed by atoms with van der Waals surface area (Å²) < 4.78 is 0. The van der Waals surface area contributed by atoms with Crippen LogP contribution in [0.3, 0.4) is 0 Å². The highest BCUT2D eigenvalue weighted by atomic mass is 32.2. The fraction of sp³-hybridized carbons (Fsp3) is 0.545. The average Bonchev–Trinajstić information content (AvgIpc) is 2.35. The summed E-state index contributed by atoms with van der Waals surface area (Å²) in [5, 5.41) is 16.9. The lowest BCUT2D eigenvalue weighted by Gasteiger charge is -2.27. The molecular weight excluding hydrogens is 220 g/mol. The van der Waals surface area contributed by atoms with Crippen molar-refractivity contribution in [2.24, 2.45) is 0 Å². The Morgan fingerprint density at radius 1 is 1.62 bits per heavy atom. The Balaban J connectivity index is 2.94. The minimum absolute atomic E-state index is 0.388. The second kappa shape index (κ2) is 6.33. The van der Waals surface area contributed by atoms with Crippen LogP contribution in [-0.4, -0.2) is 35.3 Å².